The second kappa shape index (κ2) is 15.3. The predicted octanol–water partition coefficient (Wildman–Crippen LogP) is 5.93. The molecule has 0 bridgehead atoms. The van der Waals surface area contributed by atoms with Crippen molar-refractivity contribution in [1.82, 2.24) is 4.90 Å². The minimum absolute atomic E-state index is 0.0572. The highest BCUT2D eigenvalue weighted by atomic mass is 35.5. The van der Waals surface area contributed by atoms with Gasteiger partial charge in [0.15, 0.2) is 12.6 Å². The number of carbonyl (C=O) groups excluding carboxylic acids is 3. The van der Waals surface area contributed by atoms with E-state index in [4.69, 9.17) is 22.1 Å². The number of carbonyl (C=O) groups is 3. The van der Waals surface area contributed by atoms with Crippen LogP contribution in [0.2, 0.25) is 5.02 Å². The highest BCUT2D eigenvalue weighted by Crippen LogP contribution is 2.42. The van der Waals surface area contributed by atoms with Crippen molar-refractivity contribution in [3.8, 4) is 0 Å². The van der Waals surface area contributed by atoms with E-state index in [9.17, 15) is 19.5 Å². The second-order valence-electron chi connectivity index (χ2n) is 13.7. The Morgan fingerprint density at radius 3 is 2.00 bits per heavy atom. The highest BCUT2D eigenvalue weighted by Gasteiger charge is 2.52. The van der Waals surface area contributed by atoms with Gasteiger partial charge in [0.1, 0.15) is 0 Å². The Hall–Kier alpha value is -3.56. The van der Waals surface area contributed by atoms with Crippen molar-refractivity contribution in [3.05, 3.63) is 107 Å². The Morgan fingerprint density at radius 2 is 1.50 bits per heavy atom. The lowest BCUT2D eigenvalue weighted by atomic mass is 9.72. The third-order valence-electron chi connectivity index (χ3n) is 11.0. The average Bonchev–Trinajstić information content (AvgIpc) is 3.10. The monoisotopic (exact) mass is 674 g/mol. The van der Waals surface area contributed by atoms with Gasteiger partial charge >= 0.3 is 11.9 Å². The van der Waals surface area contributed by atoms with Gasteiger partial charge in [-0.3, -0.25) is 14.5 Å². The van der Waals surface area contributed by atoms with Crippen molar-refractivity contribution >= 4 is 29.4 Å². The van der Waals surface area contributed by atoms with E-state index in [0.717, 1.165) is 12.0 Å². The first-order valence-electron chi connectivity index (χ1n) is 17.2. The van der Waals surface area contributed by atoms with E-state index in [-0.39, 0.29) is 46.8 Å². The van der Waals surface area contributed by atoms with Crippen molar-refractivity contribution in [1.29, 1.82) is 0 Å². The van der Waals surface area contributed by atoms with Crippen LogP contribution in [0.3, 0.4) is 0 Å². The minimum Gasteiger partial charge on any atom is -0.465 e. The summed E-state index contributed by atoms with van der Waals surface area (Å²) in [5.74, 6) is -1.40. The number of ether oxygens (including phenoxy) is 1. The fraction of sp³-hybridized carbons (Fsp3) is 0.462. The molecular formula is C39H49ClN3O5+. The van der Waals surface area contributed by atoms with Crippen LogP contribution in [-0.4, -0.2) is 71.2 Å². The molecule has 3 aromatic rings. The summed E-state index contributed by atoms with van der Waals surface area (Å²) in [6.07, 6.45) is 2.66. The van der Waals surface area contributed by atoms with Gasteiger partial charge in [-0.05, 0) is 55.0 Å². The smallest absolute Gasteiger partial charge is 0.326 e. The summed E-state index contributed by atoms with van der Waals surface area (Å²) in [5.41, 5.74) is 7.57. The molecule has 8 nitrogen and oxygen atoms in total. The highest BCUT2D eigenvalue weighted by molar-refractivity contribution is 6.30. The van der Waals surface area contributed by atoms with E-state index in [1.807, 2.05) is 24.3 Å². The van der Waals surface area contributed by atoms with Crippen molar-refractivity contribution in [2.45, 2.75) is 76.0 Å². The first kappa shape index (κ1) is 35.7. The Balaban J connectivity index is 1.52. The molecular weight excluding hydrogens is 626 g/mol. The number of amides is 2. The Bertz CT molecular complexity index is 1490. The average molecular weight is 675 g/mol. The molecule has 3 aromatic carbocycles. The lowest BCUT2D eigenvalue weighted by Gasteiger charge is -2.52. The summed E-state index contributed by atoms with van der Waals surface area (Å²) in [6.45, 7) is 6.11. The molecule has 2 aliphatic heterocycles. The van der Waals surface area contributed by atoms with Gasteiger partial charge in [0.2, 0.25) is 5.91 Å². The Kier molecular flexibility index (Phi) is 11.4. The van der Waals surface area contributed by atoms with Gasteiger partial charge in [0, 0.05) is 48.7 Å². The summed E-state index contributed by atoms with van der Waals surface area (Å²) in [4.78, 5) is 41.9. The lowest BCUT2D eigenvalue weighted by Crippen LogP contribution is -2.69. The van der Waals surface area contributed by atoms with Crippen LogP contribution in [-0.2, 0) is 30.1 Å². The maximum absolute atomic E-state index is 14.5. The molecule has 0 aliphatic carbocycles. The number of halogens is 1. The topological polar surface area (TPSA) is 110 Å². The van der Waals surface area contributed by atoms with Gasteiger partial charge in [-0.15, -0.1) is 0 Å². The van der Waals surface area contributed by atoms with Gasteiger partial charge in [-0.1, -0.05) is 91.3 Å². The van der Waals surface area contributed by atoms with Crippen molar-refractivity contribution < 1.29 is 28.7 Å². The number of piperidine rings is 2. The molecule has 1 unspecified atom stereocenters. The van der Waals surface area contributed by atoms with E-state index in [1.165, 1.54) is 11.1 Å². The molecule has 3 N–H and O–H groups in total. The summed E-state index contributed by atoms with van der Waals surface area (Å²) in [6, 6.07) is 28.3. The number of nitrogens with two attached hydrogens (primary N) is 1. The molecule has 9 heteroatoms. The predicted molar refractivity (Wildman–Crippen MR) is 187 cm³/mol. The van der Waals surface area contributed by atoms with E-state index >= 15 is 0 Å². The first-order valence-corrected chi connectivity index (χ1v) is 17.6. The number of hydrogen-bond donors (Lipinski definition) is 2. The molecule has 2 saturated heterocycles. The molecule has 2 fully saturated rings. The number of hydrogen-bond acceptors (Lipinski definition) is 6. The van der Waals surface area contributed by atoms with Gasteiger partial charge < -0.3 is 15.6 Å². The van der Waals surface area contributed by atoms with E-state index in [0.29, 0.717) is 63.3 Å². The van der Waals surface area contributed by atoms with E-state index < -0.39 is 11.6 Å². The molecule has 2 heterocycles. The number of esters is 1. The van der Waals surface area contributed by atoms with Gasteiger partial charge in [-0.25, -0.2) is 9.28 Å². The SMILES string of the molecule is CCOC(=O)CC(=O)[N+]1(C(CCC(C)(c2ccccc2)c2ccccc2)N2CCC(O)(c3ccc(Cl)cc3)CC2)CCC(C(N)=O)CC1. The summed E-state index contributed by atoms with van der Waals surface area (Å²) in [5, 5.41) is 12.4. The van der Waals surface area contributed by atoms with Crippen LogP contribution in [0.4, 0.5) is 0 Å². The van der Waals surface area contributed by atoms with Crippen molar-refractivity contribution in [2.75, 3.05) is 32.8 Å². The Labute approximate surface area is 289 Å². The minimum atomic E-state index is -1.02. The summed E-state index contributed by atoms with van der Waals surface area (Å²) < 4.78 is 5.30. The van der Waals surface area contributed by atoms with Crippen LogP contribution >= 0.6 is 11.6 Å². The van der Waals surface area contributed by atoms with E-state index in [2.05, 4.69) is 60.4 Å². The number of benzene rings is 3. The van der Waals surface area contributed by atoms with E-state index in [1.54, 1.807) is 19.1 Å². The fourth-order valence-corrected chi connectivity index (χ4v) is 8.11. The molecule has 0 saturated carbocycles. The molecule has 2 amide bonds. The van der Waals surface area contributed by atoms with Crippen LogP contribution in [0.15, 0.2) is 84.9 Å². The van der Waals surface area contributed by atoms with Crippen LogP contribution in [0.5, 0.6) is 0 Å². The number of aliphatic hydroxyl groups is 1. The largest absolute Gasteiger partial charge is 0.465 e. The van der Waals surface area contributed by atoms with Crippen molar-refractivity contribution in [2.24, 2.45) is 11.7 Å². The normalized spacial score (nSPS) is 22.0. The van der Waals surface area contributed by atoms with Crippen LogP contribution in [0.25, 0.3) is 0 Å². The van der Waals surface area contributed by atoms with Crippen LogP contribution in [0.1, 0.15) is 75.5 Å². The maximum atomic E-state index is 14.5. The summed E-state index contributed by atoms with van der Waals surface area (Å²) >= 11 is 6.15. The van der Waals surface area contributed by atoms with Crippen LogP contribution < -0.4 is 5.73 Å². The number of rotatable bonds is 12. The quantitative estimate of drug-likeness (QED) is 0.140. The molecule has 5 rings (SSSR count). The summed E-state index contributed by atoms with van der Waals surface area (Å²) in [7, 11) is 0. The molecule has 2 aliphatic rings. The second-order valence-corrected chi connectivity index (χ2v) is 14.1. The molecule has 1 atom stereocenters. The maximum Gasteiger partial charge on any atom is 0.326 e. The number of likely N-dealkylation sites (tertiary alicyclic amines) is 2. The number of quaternary nitrogens is 1. The molecule has 0 aromatic heterocycles. The molecule has 0 spiro atoms. The molecule has 0 radical (unpaired) electrons. The number of primary amides is 1. The van der Waals surface area contributed by atoms with Crippen molar-refractivity contribution in [3.63, 3.8) is 0 Å². The molecule has 48 heavy (non-hydrogen) atoms. The zero-order chi connectivity index (χ0) is 34.4. The first-order chi connectivity index (χ1) is 23.0. The van der Waals surface area contributed by atoms with Gasteiger partial charge in [-0.2, -0.15) is 0 Å². The number of nitrogens with zero attached hydrogens (tertiary/aromatic N) is 2. The zero-order valence-electron chi connectivity index (χ0n) is 28.2. The lowest BCUT2D eigenvalue weighted by molar-refractivity contribution is -0.898. The fourth-order valence-electron chi connectivity index (χ4n) is 7.99. The van der Waals surface area contributed by atoms with Gasteiger partial charge in [0.05, 0.1) is 25.3 Å². The zero-order valence-corrected chi connectivity index (χ0v) is 28.9. The van der Waals surface area contributed by atoms with Crippen LogP contribution in [0, 0.1) is 5.92 Å². The standard InChI is InChI=1S/C39H48ClN3O5/c1-3-48-36(45)28-35(44)43(26-19-29(20-27-43)37(41)46)34(42-24-22-39(47,23-25-42)32-14-16-33(40)17-15-32)18-21-38(2,30-10-6-4-7-11-30)31-12-8-5-9-13-31/h4-17,29,34,47H,3,18-28H2,1-2H3,(H-,41,46)/p+1. The Morgan fingerprint density at radius 1 is 0.958 bits per heavy atom. The third kappa shape index (κ3) is 7.68. The third-order valence-corrected chi connectivity index (χ3v) is 11.2. The van der Waals surface area contributed by atoms with Gasteiger partial charge in [0.25, 0.3) is 0 Å². The molecule has 256 valence electrons.